The quantitative estimate of drug-likeness (QED) is 0.858. The summed E-state index contributed by atoms with van der Waals surface area (Å²) in [5.74, 6) is -2.93. The van der Waals surface area contributed by atoms with Gasteiger partial charge >= 0.3 is 0 Å². The van der Waals surface area contributed by atoms with E-state index in [9.17, 15) is 8.78 Å². The third kappa shape index (κ3) is 2.25. The molecular weight excluding hydrogens is 240 g/mol. The molecule has 0 aromatic heterocycles. The summed E-state index contributed by atoms with van der Waals surface area (Å²) in [5.41, 5.74) is 5.53. The van der Waals surface area contributed by atoms with Gasteiger partial charge in [0.1, 0.15) is 0 Å². The second-order valence-electron chi connectivity index (χ2n) is 2.87. The van der Waals surface area contributed by atoms with Crippen LogP contribution in [0.25, 0.3) is 0 Å². The van der Waals surface area contributed by atoms with E-state index in [1.165, 1.54) is 6.07 Å². The molecule has 0 fully saturated rings. The molecule has 0 aliphatic carbocycles. The highest BCUT2D eigenvalue weighted by molar-refractivity contribution is 9.10. The lowest BCUT2D eigenvalue weighted by molar-refractivity contribution is 0.00532. The number of halogens is 3. The molecule has 0 saturated heterocycles. The summed E-state index contributed by atoms with van der Waals surface area (Å²) in [6, 6.07) is 4.64. The lowest BCUT2D eigenvalue weighted by atomic mass is 10.0. The molecule has 0 aliphatic rings. The van der Waals surface area contributed by atoms with Gasteiger partial charge in [0, 0.05) is 10.0 Å². The Balaban J connectivity index is 3.16. The van der Waals surface area contributed by atoms with Gasteiger partial charge in [-0.3, -0.25) is 0 Å². The Kier molecular flexibility index (Phi) is 3.03. The molecule has 0 heterocycles. The highest BCUT2D eigenvalue weighted by Crippen LogP contribution is 2.30. The van der Waals surface area contributed by atoms with Gasteiger partial charge in [0.05, 0.1) is 6.54 Å². The molecular formula is C9H10BrF2N. The van der Waals surface area contributed by atoms with Gasteiger partial charge in [0.2, 0.25) is 0 Å². The molecule has 1 rings (SSSR count). The Labute approximate surface area is 84.1 Å². The Morgan fingerprint density at radius 3 is 2.54 bits per heavy atom. The van der Waals surface area contributed by atoms with Crippen LogP contribution in [0.5, 0.6) is 0 Å². The van der Waals surface area contributed by atoms with Crippen molar-refractivity contribution in [2.75, 3.05) is 6.54 Å². The van der Waals surface area contributed by atoms with Crippen LogP contribution in [0.15, 0.2) is 22.7 Å². The molecule has 1 nitrogen and oxygen atoms in total. The van der Waals surface area contributed by atoms with Crippen LogP contribution in [0, 0.1) is 6.92 Å². The molecule has 0 aliphatic heterocycles. The van der Waals surface area contributed by atoms with E-state index in [0.717, 1.165) is 4.47 Å². The van der Waals surface area contributed by atoms with Crippen molar-refractivity contribution in [1.29, 1.82) is 0 Å². The second kappa shape index (κ2) is 3.72. The number of rotatable bonds is 2. The number of nitrogens with two attached hydrogens (primary N) is 1. The van der Waals surface area contributed by atoms with E-state index in [1.54, 1.807) is 19.1 Å². The third-order valence-corrected chi connectivity index (χ3v) is 2.33. The molecule has 13 heavy (non-hydrogen) atoms. The first-order chi connectivity index (χ1) is 5.97. The van der Waals surface area contributed by atoms with Crippen molar-refractivity contribution in [1.82, 2.24) is 0 Å². The SMILES string of the molecule is Cc1cc(Br)ccc1C(F)(F)CN. The maximum atomic E-state index is 13.1. The largest absolute Gasteiger partial charge is 0.325 e. The Bertz CT molecular complexity index is 312. The smallest absolute Gasteiger partial charge is 0.285 e. The van der Waals surface area contributed by atoms with Crippen molar-refractivity contribution in [2.24, 2.45) is 5.73 Å². The predicted octanol–water partition coefficient (Wildman–Crippen LogP) is 2.81. The number of hydrogen-bond donors (Lipinski definition) is 1. The molecule has 0 amide bonds. The van der Waals surface area contributed by atoms with E-state index in [4.69, 9.17) is 5.73 Å². The molecule has 0 saturated carbocycles. The first-order valence-corrected chi connectivity index (χ1v) is 4.61. The molecule has 2 N–H and O–H groups in total. The van der Waals surface area contributed by atoms with Crippen LogP contribution in [-0.2, 0) is 5.92 Å². The summed E-state index contributed by atoms with van der Waals surface area (Å²) in [4.78, 5) is 0. The fourth-order valence-electron chi connectivity index (χ4n) is 1.15. The molecule has 0 radical (unpaired) electrons. The summed E-state index contributed by atoms with van der Waals surface area (Å²) >= 11 is 3.21. The number of hydrogen-bond acceptors (Lipinski definition) is 1. The number of alkyl halides is 2. The zero-order valence-corrected chi connectivity index (χ0v) is 8.74. The van der Waals surface area contributed by atoms with Crippen molar-refractivity contribution in [3.05, 3.63) is 33.8 Å². The van der Waals surface area contributed by atoms with E-state index in [2.05, 4.69) is 15.9 Å². The lowest BCUT2D eigenvalue weighted by Gasteiger charge is -2.16. The molecule has 72 valence electrons. The van der Waals surface area contributed by atoms with Crippen LogP contribution in [0.1, 0.15) is 11.1 Å². The molecule has 0 unspecified atom stereocenters. The van der Waals surface area contributed by atoms with E-state index in [-0.39, 0.29) is 5.56 Å². The number of benzene rings is 1. The fourth-order valence-corrected chi connectivity index (χ4v) is 1.62. The Morgan fingerprint density at radius 2 is 2.08 bits per heavy atom. The lowest BCUT2D eigenvalue weighted by Crippen LogP contribution is -2.25. The highest BCUT2D eigenvalue weighted by atomic mass is 79.9. The van der Waals surface area contributed by atoms with E-state index >= 15 is 0 Å². The van der Waals surface area contributed by atoms with Gasteiger partial charge < -0.3 is 5.73 Å². The first kappa shape index (κ1) is 10.6. The maximum Gasteiger partial charge on any atom is 0.285 e. The Morgan fingerprint density at radius 1 is 1.46 bits per heavy atom. The van der Waals surface area contributed by atoms with Crippen LogP contribution >= 0.6 is 15.9 Å². The van der Waals surface area contributed by atoms with E-state index < -0.39 is 12.5 Å². The van der Waals surface area contributed by atoms with Gasteiger partial charge in [-0.1, -0.05) is 22.0 Å². The highest BCUT2D eigenvalue weighted by Gasteiger charge is 2.30. The summed E-state index contributed by atoms with van der Waals surface area (Å²) in [7, 11) is 0. The normalized spacial score (nSPS) is 11.8. The monoisotopic (exact) mass is 249 g/mol. The van der Waals surface area contributed by atoms with Crippen LogP contribution in [0.3, 0.4) is 0 Å². The van der Waals surface area contributed by atoms with Crippen molar-refractivity contribution in [3.8, 4) is 0 Å². The fraction of sp³-hybridized carbons (Fsp3) is 0.333. The second-order valence-corrected chi connectivity index (χ2v) is 3.78. The van der Waals surface area contributed by atoms with Crippen LogP contribution in [0.4, 0.5) is 8.78 Å². The average molecular weight is 250 g/mol. The molecule has 0 atom stereocenters. The van der Waals surface area contributed by atoms with Crippen molar-refractivity contribution >= 4 is 15.9 Å². The van der Waals surface area contributed by atoms with E-state index in [1.807, 2.05) is 0 Å². The van der Waals surface area contributed by atoms with Crippen LogP contribution < -0.4 is 5.73 Å². The summed E-state index contributed by atoms with van der Waals surface area (Å²) in [5, 5.41) is 0. The Hall–Kier alpha value is -0.480. The van der Waals surface area contributed by atoms with Gasteiger partial charge in [-0.25, -0.2) is 0 Å². The van der Waals surface area contributed by atoms with Gasteiger partial charge in [0.25, 0.3) is 5.92 Å². The molecule has 0 spiro atoms. The molecule has 1 aromatic carbocycles. The third-order valence-electron chi connectivity index (χ3n) is 1.84. The average Bonchev–Trinajstić information content (AvgIpc) is 2.03. The zero-order valence-electron chi connectivity index (χ0n) is 7.15. The van der Waals surface area contributed by atoms with Gasteiger partial charge in [0.15, 0.2) is 0 Å². The molecule has 4 heteroatoms. The van der Waals surface area contributed by atoms with Crippen molar-refractivity contribution in [3.63, 3.8) is 0 Å². The summed E-state index contributed by atoms with van der Waals surface area (Å²) in [6.45, 7) is 0.985. The minimum absolute atomic E-state index is 0.00167. The molecule has 1 aromatic rings. The minimum Gasteiger partial charge on any atom is -0.325 e. The topological polar surface area (TPSA) is 26.0 Å². The minimum atomic E-state index is -2.93. The van der Waals surface area contributed by atoms with Gasteiger partial charge in [-0.05, 0) is 24.6 Å². The van der Waals surface area contributed by atoms with Crippen molar-refractivity contribution in [2.45, 2.75) is 12.8 Å². The zero-order chi connectivity index (χ0) is 10.1. The molecule has 0 bridgehead atoms. The number of aryl methyl sites for hydroxylation is 1. The van der Waals surface area contributed by atoms with Gasteiger partial charge in [-0.2, -0.15) is 8.78 Å². The predicted molar refractivity (Wildman–Crippen MR) is 51.8 cm³/mol. The maximum absolute atomic E-state index is 13.1. The first-order valence-electron chi connectivity index (χ1n) is 3.82. The van der Waals surface area contributed by atoms with Crippen LogP contribution in [-0.4, -0.2) is 6.54 Å². The summed E-state index contributed by atoms with van der Waals surface area (Å²) < 4.78 is 27.1. The van der Waals surface area contributed by atoms with Crippen LogP contribution in [0.2, 0.25) is 0 Å². The van der Waals surface area contributed by atoms with Crippen molar-refractivity contribution < 1.29 is 8.78 Å². The van der Waals surface area contributed by atoms with E-state index in [0.29, 0.717) is 5.56 Å². The summed E-state index contributed by atoms with van der Waals surface area (Å²) in [6.07, 6.45) is 0. The standard InChI is InChI=1S/C9H10BrF2N/c1-6-4-7(10)2-3-8(6)9(11,12)5-13/h2-4H,5,13H2,1H3. The van der Waals surface area contributed by atoms with Gasteiger partial charge in [-0.15, -0.1) is 0 Å².